The fraction of sp³-hybridized carbons (Fsp3) is 0.500. The predicted octanol–water partition coefficient (Wildman–Crippen LogP) is 1.21. The van der Waals surface area contributed by atoms with Crippen molar-refractivity contribution in [1.82, 2.24) is 4.72 Å². The zero-order valence-corrected chi connectivity index (χ0v) is 12.9. The van der Waals surface area contributed by atoms with E-state index in [-0.39, 0.29) is 17.6 Å². The Morgan fingerprint density at radius 1 is 1.45 bits per heavy atom. The zero-order chi connectivity index (χ0) is 16.2. The Hall–Kier alpha value is -1.51. The third-order valence-electron chi connectivity index (χ3n) is 3.28. The molecule has 1 heterocycles. The van der Waals surface area contributed by atoms with Gasteiger partial charge in [0.05, 0.1) is 17.6 Å². The molecular weight excluding hydrogens is 313 g/mol. The van der Waals surface area contributed by atoms with Crippen LogP contribution in [0.1, 0.15) is 19.8 Å². The Kier molecular flexibility index (Phi) is 5.49. The van der Waals surface area contributed by atoms with Crippen LogP contribution in [0.15, 0.2) is 29.2 Å². The second kappa shape index (κ2) is 7.17. The van der Waals surface area contributed by atoms with E-state index in [0.717, 1.165) is 37.1 Å². The molecule has 1 N–H and O–H groups in total. The van der Waals surface area contributed by atoms with E-state index in [1.165, 1.54) is 6.92 Å². The fourth-order valence-corrected chi connectivity index (χ4v) is 3.03. The molecule has 1 amide bonds. The fourth-order valence-electron chi connectivity index (χ4n) is 1.99. The molecule has 0 radical (unpaired) electrons. The molecule has 1 aromatic carbocycles. The molecule has 1 aliphatic heterocycles. The van der Waals surface area contributed by atoms with Gasteiger partial charge >= 0.3 is 0 Å². The second-order valence-corrected chi connectivity index (χ2v) is 6.72. The van der Waals surface area contributed by atoms with Crippen molar-refractivity contribution in [2.24, 2.45) is 0 Å². The summed E-state index contributed by atoms with van der Waals surface area (Å²) in [4.78, 5) is 11.7. The largest absolute Gasteiger partial charge is 0.376 e. The van der Waals surface area contributed by atoms with Crippen LogP contribution in [0.5, 0.6) is 0 Å². The predicted molar refractivity (Wildman–Crippen MR) is 76.1 cm³/mol. The maximum absolute atomic E-state index is 12.8. The first-order chi connectivity index (χ1) is 10.4. The Morgan fingerprint density at radius 3 is 2.73 bits per heavy atom. The number of amides is 1. The maximum atomic E-state index is 12.8. The number of rotatable bonds is 6. The molecule has 2 rings (SSSR count). The molecule has 2 atom stereocenters. The van der Waals surface area contributed by atoms with Gasteiger partial charge in [-0.25, -0.2) is 17.5 Å². The summed E-state index contributed by atoms with van der Waals surface area (Å²) in [7, 11) is -4.04. The van der Waals surface area contributed by atoms with Crippen molar-refractivity contribution in [1.29, 1.82) is 0 Å². The van der Waals surface area contributed by atoms with Crippen LogP contribution in [0, 0.1) is 5.82 Å². The first-order valence-corrected chi connectivity index (χ1v) is 8.42. The van der Waals surface area contributed by atoms with Gasteiger partial charge in [0.15, 0.2) is 0 Å². The summed E-state index contributed by atoms with van der Waals surface area (Å²) in [6.45, 7) is 2.38. The highest BCUT2D eigenvalue weighted by molar-refractivity contribution is 7.90. The number of carbonyl (C=O) groups excluding carboxylic acids is 1. The normalized spacial score (nSPS) is 19.8. The van der Waals surface area contributed by atoms with Crippen LogP contribution < -0.4 is 4.72 Å². The van der Waals surface area contributed by atoms with E-state index < -0.39 is 27.9 Å². The first-order valence-electron chi connectivity index (χ1n) is 6.94. The van der Waals surface area contributed by atoms with E-state index in [4.69, 9.17) is 9.47 Å². The number of hydrogen-bond donors (Lipinski definition) is 1. The van der Waals surface area contributed by atoms with Gasteiger partial charge in [-0.3, -0.25) is 4.79 Å². The summed E-state index contributed by atoms with van der Waals surface area (Å²) < 4.78 is 49.4. The van der Waals surface area contributed by atoms with Crippen molar-refractivity contribution in [2.75, 3.05) is 13.2 Å². The highest BCUT2D eigenvalue weighted by Gasteiger charge is 2.24. The summed E-state index contributed by atoms with van der Waals surface area (Å²) in [5, 5.41) is 0. The molecule has 0 unspecified atom stereocenters. The molecule has 22 heavy (non-hydrogen) atoms. The van der Waals surface area contributed by atoms with Gasteiger partial charge in [-0.1, -0.05) is 0 Å². The minimum atomic E-state index is -4.04. The summed E-state index contributed by atoms with van der Waals surface area (Å²) >= 11 is 0. The number of ether oxygens (including phenoxy) is 2. The highest BCUT2D eigenvalue weighted by atomic mass is 32.2. The number of sulfonamides is 1. The highest BCUT2D eigenvalue weighted by Crippen LogP contribution is 2.13. The lowest BCUT2D eigenvalue weighted by Crippen LogP contribution is -2.39. The van der Waals surface area contributed by atoms with Gasteiger partial charge in [-0.05, 0) is 44.0 Å². The average molecular weight is 331 g/mol. The van der Waals surface area contributed by atoms with Gasteiger partial charge in [-0.15, -0.1) is 0 Å². The van der Waals surface area contributed by atoms with E-state index in [1.807, 2.05) is 4.72 Å². The van der Waals surface area contributed by atoms with Gasteiger partial charge in [-0.2, -0.15) is 0 Å². The van der Waals surface area contributed by atoms with Crippen molar-refractivity contribution >= 4 is 15.9 Å². The van der Waals surface area contributed by atoms with Gasteiger partial charge in [0, 0.05) is 6.61 Å². The summed E-state index contributed by atoms with van der Waals surface area (Å²) in [6.07, 6.45) is 0.832. The number of nitrogens with one attached hydrogen (secondary N) is 1. The topological polar surface area (TPSA) is 81.7 Å². The van der Waals surface area contributed by atoms with Crippen molar-refractivity contribution < 1.29 is 27.1 Å². The number of hydrogen-bond acceptors (Lipinski definition) is 5. The monoisotopic (exact) mass is 331 g/mol. The molecule has 1 saturated heterocycles. The lowest BCUT2D eigenvalue weighted by molar-refractivity contribution is -0.131. The molecule has 0 saturated carbocycles. The van der Waals surface area contributed by atoms with Crippen molar-refractivity contribution in [3.63, 3.8) is 0 Å². The molecule has 1 aromatic rings. The van der Waals surface area contributed by atoms with Gasteiger partial charge < -0.3 is 9.47 Å². The van der Waals surface area contributed by atoms with Gasteiger partial charge in [0.25, 0.3) is 15.9 Å². The molecule has 122 valence electrons. The molecule has 1 aliphatic rings. The van der Waals surface area contributed by atoms with Crippen LogP contribution in [-0.4, -0.2) is 39.7 Å². The van der Waals surface area contributed by atoms with Crippen molar-refractivity contribution in [3.8, 4) is 0 Å². The Balaban J connectivity index is 1.90. The van der Waals surface area contributed by atoms with Gasteiger partial charge in [0.1, 0.15) is 11.9 Å². The molecule has 0 aromatic heterocycles. The Morgan fingerprint density at radius 2 is 2.14 bits per heavy atom. The van der Waals surface area contributed by atoms with Crippen LogP contribution in [0.25, 0.3) is 0 Å². The Labute approximate surface area is 128 Å². The third kappa shape index (κ3) is 4.49. The van der Waals surface area contributed by atoms with E-state index in [9.17, 15) is 17.6 Å². The van der Waals surface area contributed by atoms with Crippen LogP contribution >= 0.6 is 0 Å². The van der Waals surface area contributed by atoms with Crippen molar-refractivity contribution in [3.05, 3.63) is 30.1 Å². The lowest BCUT2D eigenvalue weighted by atomic mass is 10.2. The lowest BCUT2D eigenvalue weighted by Gasteiger charge is -2.16. The first kappa shape index (κ1) is 16.9. The van der Waals surface area contributed by atoms with Crippen LogP contribution in [0.3, 0.4) is 0 Å². The Bertz CT molecular complexity index is 611. The molecule has 0 bridgehead atoms. The van der Waals surface area contributed by atoms with Crippen LogP contribution in [-0.2, 0) is 24.3 Å². The SMILES string of the molecule is C[C@@H](OC[C@H]1CCCO1)C(=O)NS(=O)(=O)c1ccc(F)cc1. The minimum absolute atomic E-state index is 0.0519. The van der Waals surface area contributed by atoms with Gasteiger partial charge in [0.2, 0.25) is 0 Å². The van der Waals surface area contributed by atoms with E-state index in [2.05, 4.69) is 0 Å². The average Bonchev–Trinajstić information content (AvgIpc) is 2.98. The molecular formula is C14H18FNO5S. The molecule has 0 spiro atoms. The standard InChI is InChI=1S/C14H18FNO5S/c1-10(21-9-12-3-2-8-20-12)14(17)16-22(18,19)13-6-4-11(15)5-7-13/h4-7,10,12H,2-3,8-9H2,1H3,(H,16,17)/t10-,12-/m1/s1. The molecule has 0 aliphatic carbocycles. The van der Waals surface area contributed by atoms with Crippen LogP contribution in [0.2, 0.25) is 0 Å². The molecule has 6 nitrogen and oxygen atoms in total. The maximum Gasteiger partial charge on any atom is 0.264 e. The number of halogens is 1. The quantitative estimate of drug-likeness (QED) is 0.847. The third-order valence-corrected chi connectivity index (χ3v) is 4.65. The number of carbonyl (C=O) groups is 1. The summed E-state index contributed by atoms with van der Waals surface area (Å²) in [5.41, 5.74) is 0. The smallest absolute Gasteiger partial charge is 0.264 e. The summed E-state index contributed by atoms with van der Waals surface area (Å²) in [6, 6.07) is 4.19. The number of benzene rings is 1. The molecule has 1 fully saturated rings. The zero-order valence-electron chi connectivity index (χ0n) is 12.1. The minimum Gasteiger partial charge on any atom is -0.376 e. The van der Waals surface area contributed by atoms with E-state index in [0.29, 0.717) is 6.61 Å². The summed E-state index contributed by atoms with van der Waals surface area (Å²) in [5.74, 6) is -1.33. The second-order valence-electron chi connectivity index (χ2n) is 5.03. The molecule has 8 heteroatoms. The van der Waals surface area contributed by atoms with Crippen molar-refractivity contribution in [2.45, 2.75) is 36.9 Å². The van der Waals surface area contributed by atoms with E-state index >= 15 is 0 Å². The van der Waals surface area contributed by atoms with E-state index in [1.54, 1.807) is 0 Å². The van der Waals surface area contributed by atoms with Crippen LogP contribution in [0.4, 0.5) is 4.39 Å².